The zero-order valence-corrected chi connectivity index (χ0v) is 11.7. The fraction of sp³-hybridized carbons (Fsp3) is 0.231. The minimum atomic E-state index is -4.40. The van der Waals surface area contributed by atoms with E-state index in [0.717, 1.165) is 23.7 Å². The van der Waals surface area contributed by atoms with Gasteiger partial charge in [-0.05, 0) is 30.6 Å². The number of anilines is 1. The first-order valence-corrected chi connectivity index (χ1v) is 6.71. The second-order valence-electron chi connectivity index (χ2n) is 4.07. The van der Waals surface area contributed by atoms with Crippen molar-refractivity contribution in [2.45, 2.75) is 13.1 Å². The average Bonchev–Trinajstić information content (AvgIpc) is 2.80. The summed E-state index contributed by atoms with van der Waals surface area (Å²) in [6, 6.07) is 4.42. The molecular formula is C13H11F3N2O2S. The number of esters is 1. The summed E-state index contributed by atoms with van der Waals surface area (Å²) in [6.45, 7) is 1.86. The maximum Gasteiger partial charge on any atom is 0.416 e. The highest BCUT2D eigenvalue weighted by molar-refractivity contribution is 7.09. The number of hydrogen-bond acceptors (Lipinski definition) is 5. The molecule has 1 aromatic carbocycles. The van der Waals surface area contributed by atoms with Crippen molar-refractivity contribution >= 4 is 23.2 Å². The van der Waals surface area contributed by atoms with Gasteiger partial charge >= 0.3 is 12.1 Å². The molecule has 0 unspecified atom stereocenters. The predicted octanol–water partition coefficient (Wildman–Crippen LogP) is 3.59. The number of nitrogens with two attached hydrogens (primary N) is 1. The van der Waals surface area contributed by atoms with E-state index in [4.69, 9.17) is 10.5 Å². The molecule has 8 heteroatoms. The Labute approximate surface area is 122 Å². The molecule has 0 bridgehead atoms. The van der Waals surface area contributed by atoms with Gasteiger partial charge in [0, 0.05) is 5.56 Å². The predicted molar refractivity (Wildman–Crippen MR) is 72.9 cm³/mol. The van der Waals surface area contributed by atoms with E-state index in [1.807, 2.05) is 0 Å². The van der Waals surface area contributed by atoms with Crippen molar-refractivity contribution in [3.05, 3.63) is 34.7 Å². The Bertz CT molecular complexity index is 650. The molecule has 2 N–H and O–H groups in total. The minimum absolute atomic E-state index is 0.109. The molecule has 2 rings (SSSR count). The van der Waals surface area contributed by atoms with Gasteiger partial charge in [0.15, 0.2) is 4.88 Å². The summed E-state index contributed by atoms with van der Waals surface area (Å²) in [7, 11) is 0. The molecule has 21 heavy (non-hydrogen) atoms. The minimum Gasteiger partial charge on any atom is -0.462 e. The molecule has 1 aromatic heterocycles. The molecule has 2 aromatic rings. The normalized spacial score (nSPS) is 11.4. The quantitative estimate of drug-likeness (QED) is 0.879. The number of aromatic nitrogens is 1. The fourth-order valence-corrected chi connectivity index (χ4v) is 2.38. The van der Waals surface area contributed by atoms with Gasteiger partial charge in [-0.15, -0.1) is 0 Å². The molecule has 0 saturated heterocycles. The Hall–Kier alpha value is -2.09. The molecule has 0 spiro atoms. The summed E-state index contributed by atoms with van der Waals surface area (Å²) in [5, 5.41) is 0. The van der Waals surface area contributed by atoms with Crippen LogP contribution in [0.3, 0.4) is 0 Å². The molecule has 0 aliphatic heterocycles. The van der Waals surface area contributed by atoms with Crippen molar-refractivity contribution in [3.8, 4) is 11.3 Å². The number of hydrogen-bond donors (Lipinski definition) is 1. The Morgan fingerprint density at radius 1 is 1.33 bits per heavy atom. The van der Waals surface area contributed by atoms with Gasteiger partial charge in [0.25, 0.3) is 0 Å². The molecule has 1 heterocycles. The third kappa shape index (κ3) is 3.15. The number of benzene rings is 1. The van der Waals surface area contributed by atoms with Crippen LogP contribution in [0.15, 0.2) is 24.3 Å². The van der Waals surface area contributed by atoms with E-state index in [0.29, 0.717) is 5.56 Å². The van der Waals surface area contributed by atoms with Gasteiger partial charge in [-0.3, -0.25) is 0 Å². The van der Waals surface area contributed by atoms with Gasteiger partial charge in [-0.2, -0.15) is 17.5 Å². The molecule has 0 radical (unpaired) electrons. The molecule has 0 aliphatic rings. The number of nitrogens with zero attached hydrogens (tertiary/aromatic N) is 1. The second kappa shape index (κ2) is 5.72. The maximum atomic E-state index is 12.5. The lowest BCUT2D eigenvalue weighted by atomic mass is 10.1. The SMILES string of the molecule is CCOC(=O)c1snc(-c2ccc(C(F)(F)F)cc2)c1N. The van der Waals surface area contributed by atoms with E-state index in [1.54, 1.807) is 6.92 Å². The van der Waals surface area contributed by atoms with Crippen LogP contribution >= 0.6 is 11.5 Å². The average molecular weight is 316 g/mol. The van der Waals surface area contributed by atoms with Crippen molar-refractivity contribution < 1.29 is 22.7 Å². The standard InChI is InChI=1S/C13H11F3N2O2S/c1-2-20-12(19)11-9(17)10(18-21-11)7-3-5-8(6-4-7)13(14,15)16/h3-6H,2,17H2,1H3. The summed E-state index contributed by atoms with van der Waals surface area (Å²) in [5.74, 6) is -0.592. The van der Waals surface area contributed by atoms with Gasteiger partial charge < -0.3 is 10.5 Å². The van der Waals surface area contributed by atoms with Crippen LogP contribution in [0.25, 0.3) is 11.3 Å². The monoisotopic (exact) mass is 316 g/mol. The van der Waals surface area contributed by atoms with E-state index >= 15 is 0 Å². The Kier molecular flexibility index (Phi) is 4.17. The Morgan fingerprint density at radius 3 is 2.48 bits per heavy atom. The first-order chi connectivity index (χ1) is 9.84. The molecular weight excluding hydrogens is 305 g/mol. The van der Waals surface area contributed by atoms with Gasteiger partial charge in [0.1, 0.15) is 5.69 Å². The van der Waals surface area contributed by atoms with Crippen LogP contribution in [0.4, 0.5) is 18.9 Å². The molecule has 0 saturated carbocycles. The van der Waals surface area contributed by atoms with Crippen LogP contribution in [0.2, 0.25) is 0 Å². The van der Waals surface area contributed by atoms with Crippen molar-refractivity contribution in [3.63, 3.8) is 0 Å². The first kappa shape index (κ1) is 15.3. The van der Waals surface area contributed by atoms with Crippen LogP contribution in [0.5, 0.6) is 0 Å². The van der Waals surface area contributed by atoms with E-state index in [9.17, 15) is 18.0 Å². The number of nitrogen functional groups attached to an aromatic ring is 1. The number of rotatable bonds is 3. The lowest BCUT2D eigenvalue weighted by Gasteiger charge is -2.07. The molecule has 0 amide bonds. The van der Waals surface area contributed by atoms with E-state index in [1.165, 1.54) is 12.1 Å². The third-order valence-electron chi connectivity index (χ3n) is 2.67. The van der Waals surface area contributed by atoms with Crippen molar-refractivity contribution in [1.29, 1.82) is 0 Å². The van der Waals surface area contributed by atoms with Crippen LogP contribution in [-0.4, -0.2) is 16.9 Å². The van der Waals surface area contributed by atoms with E-state index < -0.39 is 17.7 Å². The molecule has 0 aliphatic carbocycles. The zero-order chi connectivity index (χ0) is 15.6. The number of halogens is 3. The van der Waals surface area contributed by atoms with Gasteiger partial charge in [0.2, 0.25) is 0 Å². The first-order valence-electron chi connectivity index (χ1n) is 5.94. The highest BCUT2D eigenvalue weighted by Gasteiger charge is 2.30. The van der Waals surface area contributed by atoms with Crippen molar-refractivity contribution in [2.24, 2.45) is 0 Å². The number of carbonyl (C=O) groups is 1. The summed E-state index contributed by atoms with van der Waals surface area (Å²) in [6.07, 6.45) is -4.40. The molecule has 0 fully saturated rings. The van der Waals surface area contributed by atoms with Crippen LogP contribution < -0.4 is 5.73 Å². The van der Waals surface area contributed by atoms with E-state index in [-0.39, 0.29) is 22.9 Å². The summed E-state index contributed by atoms with van der Waals surface area (Å²) >= 11 is 0.857. The second-order valence-corrected chi connectivity index (χ2v) is 4.84. The number of carbonyl (C=O) groups excluding carboxylic acids is 1. The van der Waals surface area contributed by atoms with E-state index in [2.05, 4.69) is 4.37 Å². The third-order valence-corrected chi connectivity index (χ3v) is 3.52. The lowest BCUT2D eigenvalue weighted by molar-refractivity contribution is -0.137. The van der Waals surface area contributed by atoms with Crippen molar-refractivity contribution in [1.82, 2.24) is 4.37 Å². The number of alkyl halides is 3. The summed E-state index contributed by atoms with van der Waals surface area (Å²) < 4.78 is 46.3. The van der Waals surface area contributed by atoms with Crippen molar-refractivity contribution in [2.75, 3.05) is 12.3 Å². The highest BCUT2D eigenvalue weighted by atomic mass is 32.1. The number of ether oxygens (including phenoxy) is 1. The van der Waals surface area contributed by atoms with Crippen LogP contribution in [0.1, 0.15) is 22.2 Å². The van der Waals surface area contributed by atoms with Gasteiger partial charge in [-0.1, -0.05) is 12.1 Å². The van der Waals surface area contributed by atoms with Gasteiger partial charge in [-0.25, -0.2) is 4.79 Å². The highest BCUT2D eigenvalue weighted by Crippen LogP contribution is 2.34. The molecule has 0 atom stereocenters. The summed E-state index contributed by atoms with van der Waals surface area (Å²) in [4.78, 5) is 11.8. The maximum absolute atomic E-state index is 12.5. The summed E-state index contributed by atoms with van der Waals surface area (Å²) in [5.41, 5.74) is 5.85. The Balaban J connectivity index is 2.33. The van der Waals surface area contributed by atoms with Gasteiger partial charge in [0.05, 0.1) is 17.9 Å². The largest absolute Gasteiger partial charge is 0.462 e. The molecule has 112 valence electrons. The van der Waals surface area contributed by atoms with Crippen LogP contribution in [-0.2, 0) is 10.9 Å². The zero-order valence-electron chi connectivity index (χ0n) is 10.9. The fourth-order valence-electron chi connectivity index (χ4n) is 1.67. The lowest BCUT2D eigenvalue weighted by Crippen LogP contribution is -2.05. The van der Waals surface area contributed by atoms with Crippen LogP contribution in [0, 0.1) is 0 Å². The Morgan fingerprint density at radius 2 is 1.95 bits per heavy atom. The molecule has 4 nitrogen and oxygen atoms in total. The smallest absolute Gasteiger partial charge is 0.416 e. The topological polar surface area (TPSA) is 65.2 Å².